The highest BCUT2D eigenvalue weighted by Crippen LogP contribution is 2.37. The van der Waals surface area contributed by atoms with Crippen LogP contribution in [-0.2, 0) is 6.42 Å². The van der Waals surface area contributed by atoms with Crippen LogP contribution in [0.5, 0.6) is 0 Å². The molecule has 78 valence electrons. The molecule has 1 aliphatic rings. The van der Waals surface area contributed by atoms with Gasteiger partial charge < -0.3 is 5.73 Å². The lowest BCUT2D eigenvalue weighted by molar-refractivity contribution is 0.449. The van der Waals surface area contributed by atoms with Crippen molar-refractivity contribution in [1.29, 1.82) is 0 Å². The van der Waals surface area contributed by atoms with E-state index in [1.54, 1.807) is 0 Å². The van der Waals surface area contributed by atoms with Crippen LogP contribution in [0.25, 0.3) is 0 Å². The zero-order valence-electron chi connectivity index (χ0n) is 8.95. The predicted molar refractivity (Wildman–Crippen MR) is 63.5 cm³/mol. The molecule has 15 heavy (non-hydrogen) atoms. The number of fused-ring (bicyclic) bond motifs is 1. The van der Waals surface area contributed by atoms with Crippen LogP contribution in [0.1, 0.15) is 36.3 Å². The van der Waals surface area contributed by atoms with Gasteiger partial charge in [0.15, 0.2) is 0 Å². The summed E-state index contributed by atoms with van der Waals surface area (Å²) in [6.45, 7) is 0. The third kappa shape index (κ3) is 2.06. The second-order valence-corrected chi connectivity index (χ2v) is 4.27. The van der Waals surface area contributed by atoms with Crippen LogP contribution in [0.4, 0.5) is 0 Å². The molecule has 1 heteroatoms. The van der Waals surface area contributed by atoms with E-state index in [0.29, 0.717) is 5.92 Å². The van der Waals surface area contributed by atoms with E-state index in [1.165, 1.54) is 11.1 Å². The zero-order chi connectivity index (χ0) is 10.7. The van der Waals surface area contributed by atoms with Crippen LogP contribution in [0.3, 0.4) is 0 Å². The second kappa shape index (κ2) is 4.51. The Labute approximate surface area is 91.7 Å². The summed E-state index contributed by atoms with van der Waals surface area (Å²) in [5, 5.41) is 0. The van der Waals surface area contributed by atoms with E-state index in [0.717, 1.165) is 25.7 Å². The molecule has 0 aromatic heterocycles. The van der Waals surface area contributed by atoms with Gasteiger partial charge >= 0.3 is 0 Å². The van der Waals surface area contributed by atoms with Crippen molar-refractivity contribution in [1.82, 2.24) is 0 Å². The van der Waals surface area contributed by atoms with E-state index in [9.17, 15) is 0 Å². The SMILES string of the molecule is C#CCCCC(N)C1Cc2ccccc21. The molecule has 1 nitrogen and oxygen atoms in total. The summed E-state index contributed by atoms with van der Waals surface area (Å²) in [7, 11) is 0. The van der Waals surface area contributed by atoms with Crippen LogP contribution < -0.4 is 5.73 Å². The lowest BCUT2D eigenvalue weighted by Crippen LogP contribution is -2.35. The molecule has 0 spiro atoms. The smallest absolute Gasteiger partial charge is 0.0111 e. The number of nitrogens with two attached hydrogens (primary N) is 1. The molecule has 0 fully saturated rings. The highest BCUT2D eigenvalue weighted by molar-refractivity contribution is 5.41. The van der Waals surface area contributed by atoms with Crippen molar-refractivity contribution in [2.75, 3.05) is 0 Å². The molecule has 1 aromatic carbocycles. The maximum atomic E-state index is 6.17. The zero-order valence-corrected chi connectivity index (χ0v) is 8.95. The molecule has 0 heterocycles. The maximum Gasteiger partial charge on any atom is 0.0111 e. The quantitative estimate of drug-likeness (QED) is 0.585. The molecule has 1 aromatic rings. The first-order valence-electron chi connectivity index (χ1n) is 5.59. The molecule has 2 unspecified atom stereocenters. The van der Waals surface area contributed by atoms with Crippen molar-refractivity contribution in [3.8, 4) is 12.3 Å². The standard InChI is InChI=1S/C14H17N/c1-2-3-4-9-14(15)13-10-11-7-5-6-8-12(11)13/h1,5-8,13-14H,3-4,9-10,15H2. The molecule has 2 atom stereocenters. The van der Waals surface area contributed by atoms with Crippen LogP contribution in [0.2, 0.25) is 0 Å². The Bertz CT molecular complexity index is 375. The fraction of sp³-hybridized carbons (Fsp3) is 0.429. The molecule has 0 amide bonds. The minimum atomic E-state index is 0.285. The van der Waals surface area contributed by atoms with E-state index in [2.05, 4.69) is 30.2 Å². The molecule has 0 bridgehead atoms. The Morgan fingerprint density at radius 2 is 2.27 bits per heavy atom. The topological polar surface area (TPSA) is 26.0 Å². The van der Waals surface area contributed by atoms with Gasteiger partial charge in [-0.15, -0.1) is 12.3 Å². The predicted octanol–water partition coefficient (Wildman–Crippen LogP) is 2.46. The minimum absolute atomic E-state index is 0.285. The highest BCUT2D eigenvalue weighted by atomic mass is 14.7. The third-order valence-corrected chi connectivity index (χ3v) is 3.27. The van der Waals surface area contributed by atoms with E-state index < -0.39 is 0 Å². The molecular weight excluding hydrogens is 182 g/mol. The number of unbranched alkanes of at least 4 members (excludes halogenated alkanes) is 1. The minimum Gasteiger partial charge on any atom is -0.327 e. The molecule has 0 saturated carbocycles. The largest absolute Gasteiger partial charge is 0.327 e. The van der Waals surface area contributed by atoms with Crippen LogP contribution >= 0.6 is 0 Å². The molecular formula is C14H17N. The van der Waals surface area contributed by atoms with Gasteiger partial charge in [-0.2, -0.15) is 0 Å². The van der Waals surface area contributed by atoms with E-state index >= 15 is 0 Å². The summed E-state index contributed by atoms with van der Waals surface area (Å²) in [5.41, 5.74) is 9.08. The molecule has 0 aliphatic heterocycles. The highest BCUT2D eigenvalue weighted by Gasteiger charge is 2.29. The third-order valence-electron chi connectivity index (χ3n) is 3.27. The first-order valence-corrected chi connectivity index (χ1v) is 5.59. The average molecular weight is 199 g/mol. The summed E-state index contributed by atoms with van der Waals surface area (Å²) >= 11 is 0. The van der Waals surface area contributed by atoms with Gasteiger partial charge in [0.25, 0.3) is 0 Å². The summed E-state index contributed by atoms with van der Waals surface area (Å²) in [4.78, 5) is 0. The van der Waals surface area contributed by atoms with Crippen molar-refractivity contribution in [3.63, 3.8) is 0 Å². The summed E-state index contributed by atoms with van der Waals surface area (Å²) in [6.07, 6.45) is 9.32. The Kier molecular flexibility index (Phi) is 3.08. The number of hydrogen-bond acceptors (Lipinski definition) is 1. The van der Waals surface area contributed by atoms with Gasteiger partial charge in [0.05, 0.1) is 0 Å². The Balaban J connectivity index is 1.90. The van der Waals surface area contributed by atoms with Gasteiger partial charge in [0, 0.05) is 18.4 Å². The van der Waals surface area contributed by atoms with Crippen LogP contribution in [0.15, 0.2) is 24.3 Å². The summed E-state index contributed by atoms with van der Waals surface area (Å²) < 4.78 is 0. The average Bonchev–Trinajstić information content (AvgIpc) is 2.20. The van der Waals surface area contributed by atoms with Crippen LogP contribution in [-0.4, -0.2) is 6.04 Å². The fourth-order valence-electron chi connectivity index (χ4n) is 2.32. The van der Waals surface area contributed by atoms with Gasteiger partial charge in [-0.25, -0.2) is 0 Å². The summed E-state index contributed by atoms with van der Waals surface area (Å²) in [5.74, 6) is 3.23. The molecule has 2 N–H and O–H groups in total. The number of rotatable bonds is 4. The molecule has 0 radical (unpaired) electrons. The number of terminal acetylenes is 1. The normalized spacial score (nSPS) is 19.9. The monoisotopic (exact) mass is 199 g/mol. The van der Waals surface area contributed by atoms with Crippen molar-refractivity contribution in [2.24, 2.45) is 5.73 Å². The van der Waals surface area contributed by atoms with E-state index in [1.807, 2.05) is 0 Å². The first-order chi connectivity index (χ1) is 7.33. The number of benzene rings is 1. The van der Waals surface area contributed by atoms with Gasteiger partial charge in [0.2, 0.25) is 0 Å². The second-order valence-electron chi connectivity index (χ2n) is 4.27. The summed E-state index contributed by atoms with van der Waals surface area (Å²) in [6, 6.07) is 8.87. The van der Waals surface area contributed by atoms with Gasteiger partial charge in [0.1, 0.15) is 0 Å². The van der Waals surface area contributed by atoms with Crippen LogP contribution in [0, 0.1) is 12.3 Å². The van der Waals surface area contributed by atoms with Crippen molar-refractivity contribution < 1.29 is 0 Å². The van der Waals surface area contributed by atoms with Gasteiger partial charge in [-0.1, -0.05) is 24.3 Å². The Morgan fingerprint density at radius 3 is 3.00 bits per heavy atom. The molecule has 2 rings (SSSR count). The lowest BCUT2D eigenvalue weighted by atomic mass is 9.72. The number of hydrogen-bond donors (Lipinski definition) is 1. The molecule has 1 aliphatic carbocycles. The Hall–Kier alpha value is -1.26. The molecule has 0 saturated heterocycles. The lowest BCUT2D eigenvalue weighted by Gasteiger charge is -2.34. The van der Waals surface area contributed by atoms with Gasteiger partial charge in [-0.05, 0) is 30.4 Å². The van der Waals surface area contributed by atoms with Crippen molar-refractivity contribution in [3.05, 3.63) is 35.4 Å². The van der Waals surface area contributed by atoms with Crippen molar-refractivity contribution in [2.45, 2.75) is 37.6 Å². The Morgan fingerprint density at radius 1 is 1.47 bits per heavy atom. The van der Waals surface area contributed by atoms with E-state index in [-0.39, 0.29) is 6.04 Å². The fourth-order valence-corrected chi connectivity index (χ4v) is 2.32. The van der Waals surface area contributed by atoms with Crippen molar-refractivity contribution >= 4 is 0 Å². The van der Waals surface area contributed by atoms with Gasteiger partial charge in [-0.3, -0.25) is 0 Å². The van der Waals surface area contributed by atoms with E-state index in [4.69, 9.17) is 12.2 Å². The first kappa shape index (κ1) is 10.3. The maximum absolute atomic E-state index is 6.17.